The fourth-order valence-electron chi connectivity index (χ4n) is 8.11. The number of allylic oxidation sites excluding steroid dienone is 1. The summed E-state index contributed by atoms with van der Waals surface area (Å²) >= 11 is 5.94. The predicted octanol–water partition coefficient (Wildman–Crippen LogP) is 6.18. The average molecular weight is 479 g/mol. The van der Waals surface area contributed by atoms with E-state index in [0.717, 1.165) is 76.5 Å². The highest BCUT2D eigenvalue weighted by molar-refractivity contribution is 6.17. The molecule has 3 saturated carbocycles. The fraction of sp³-hybridized carbons (Fsp3) is 0.893. The zero-order chi connectivity index (χ0) is 23.5. The summed E-state index contributed by atoms with van der Waals surface area (Å²) in [4.78, 5) is 13.0. The smallest absolute Gasteiger partial charge is 0.171 e. The van der Waals surface area contributed by atoms with Gasteiger partial charge in [-0.05, 0) is 68.3 Å². The second kappa shape index (κ2) is 8.61. The second-order valence-electron chi connectivity index (χ2n) is 12.9. The Morgan fingerprint density at radius 1 is 1.03 bits per heavy atom. The Labute approximate surface area is 204 Å². The van der Waals surface area contributed by atoms with E-state index in [0.29, 0.717) is 43.2 Å². The van der Waals surface area contributed by atoms with Crippen molar-refractivity contribution < 1.29 is 19.4 Å². The van der Waals surface area contributed by atoms with Crippen LogP contribution in [-0.4, -0.2) is 41.4 Å². The Morgan fingerprint density at radius 3 is 2.52 bits per heavy atom. The van der Waals surface area contributed by atoms with Crippen molar-refractivity contribution in [3.63, 3.8) is 0 Å². The number of carbonyl (C=O) groups is 1. The predicted molar refractivity (Wildman–Crippen MR) is 130 cm³/mol. The third-order valence-corrected chi connectivity index (χ3v) is 10.1. The molecule has 0 radical (unpaired) electrons. The lowest BCUT2D eigenvalue weighted by molar-refractivity contribution is -0.322. The minimum absolute atomic E-state index is 0.0290. The number of hydrogen-bond acceptors (Lipinski definition) is 4. The van der Waals surface area contributed by atoms with E-state index in [9.17, 15) is 9.90 Å². The molecule has 5 atom stereocenters. The van der Waals surface area contributed by atoms with Crippen LogP contribution in [0.4, 0.5) is 0 Å². The molecule has 0 amide bonds. The molecule has 4 aliphatic carbocycles. The molecule has 5 heteroatoms. The maximum absolute atomic E-state index is 13.0. The van der Waals surface area contributed by atoms with E-state index in [4.69, 9.17) is 21.1 Å². The van der Waals surface area contributed by atoms with E-state index in [1.54, 1.807) is 0 Å². The molecule has 1 aliphatic heterocycles. The molecule has 1 N–H and O–H groups in total. The van der Waals surface area contributed by atoms with Crippen LogP contribution in [0.1, 0.15) is 97.8 Å². The molecule has 4 fully saturated rings. The quantitative estimate of drug-likeness (QED) is 0.291. The van der Waals surface area contributed by atoms with Gasteiger partial charge in [-0.15, -0.1) is 11.6 Å². The molecule has 0 aromatic heterocycles. The standard InChI is InChI=1S/C28H43ClO4/c1-25(2)17-32-28(33-18-25)13-11-22-24-19(7-5-4-6-14-29)15-26(3)21(8-9-23(26)30)20(24)10-12-27(22,31)16-28/h19-21,31H,4-18H2,1-3H3/t19?,20-,21-,26-,27+/m0/s1. The normalized spacial score (nSPS) is 41.6. The number of carbonyl (C=O) groups excluding carboxylic acids is 1. The largest absolute Gasteiger partial charge is 0.385 e. The van der Waals surface area contributed by atoms with E-state index in [1.807, 2.05) is 0 Å². The van der Waals surface area contributed by atoms with Crippen molar-refractivity contribution in [1.82, 2.24) is 0 Å². The van der Waals surface area contributed by atoms with Crippen molar-refractivity contribution in [2.75, 3.05) is 19.1 Å². The molecule has 1 unspecified atom stereocenters. The van der Waals surface area contributed by atoms with Crippen LogP contribution in [0.2, 0.25) is 0 Å². The number of fused-ring (bicyclic) bond motifs is 4. The molecule has 186 valence electrons. The molecule has 5 aliphatic rings. The third-order valence-electron chi connectivity index (χ3n) is 9.87. The highest BCUT2D eigenvalue weighted by Crippen LogP contribution is 2.63. The van der Waals surface area contributed by atoms with Crippen molar-refractivity contribution >= 4 is 17.4 Å². The summed E-state index contributed by atoms with van der Waals surface area (Å²) in [6, 6.07) is 0. The molecule has 0 aromatic carbocycles. The van der Waals surface area contributed by atoms with Crippen LogP contribution in [0.25, 0.3) is 0 Å². The van der Waals surface area contributed by atoms with Crippen molar-refractivity contribution in [3.05, 3.63) is 11.1 Å². The number of hydrogen-bond donors (Lipinski definition) is 1. The van der Waals surface area contributed by atoms with Gasteiger partial charge in [0.25, 0.3) is 0 Å². The number of alkyl halides is 1. The van der Waals surface area contributed by atoms with Gasteiger partial charge in [0.1, 0.15) is 5.78 Å². The van der Waals surface area contributed by atoms with Gasteiger partial charge < -0.3 is 14.6 Å². The van der Waals surface area contributed by atoms with Crippen LogP contribution in [0.5, 0.6) is 0 Å². The monoisotopic (exact) mass is 478 g/mol. The zero-order valence-electron chi connectivity index (χ0n) is 20.9. The minimum atomic E-state index is -0.823. The molecule has 4 nitrogen and oxygen atoms in total. The van der Waals surface area contributed by atoms with E-state index in [2.05, 4.69) is 20.8 Å². The Hall–Kier alpha value is -0.420. The fourth-order valence-corrected chi connectivity index (χ4v) is 8.30. The van der Waals surface area contributed by atoms with E-state index in [-0.39, 0.29) is 10.8 Å². The molecule has 5 rings (SSSR count). The molecular formula is C28H43ClO4. The summed E-state index contributed by atoms with van der Waals surface area (Å²) < 4.78 is 12.7. The molecule has 0 bridgehead atoms. The number of Topliss-reactive ketones (excluding diaryl/α,β-unsaturated/α-hetero) is 1. The lowest BCUT2D eigenvalue weighted by Crippen LogP contribution is -2.57. The Morgan fingerprint density at radius 2 is 1.79 bits per heavy atom. The van der Waals surface area contributed by atoms with Gasteiger partial charge in [-0.2, -0.15) is 0 Å². The highest BCUT2D eigenvalue weighted by Gasteiger charge is 2.60. The maximum atomic E-state index is 13.0. The van der Waals surface area contributed by atoms with Gasteiger partial charge in [0.15, 0.2) is 5.79 Å². The van der Waals surface area contributed by atoms with Crippen LogP contribution in [0.15, 0.2) is 11.1 Å². The van der Waals surface area contributed by atoms with Gasteiger partial charge >= 0.3 is 0 Å². The van der Waals surface area contributed by atoms with E-state index >= 15 is 0 Å². The first-order valence-electron chi connectivity index (χ1n) is 13.4. The van der Waals surface area contributed by atoms with Crippen LogP contribution >= 0.6 is 11.6 Å². The Kier molecular flexibility index (Phi) is 6.33. The summed E-state index contributed by atoms with van der Waals surface area (Å²) in [5.74, 6) is 1.90. The van der Waals surface area contributed by atoms with E-state index < -0.39 is 11.4 Å². The van der Waals surface area contributed by atoms with Gasteiger partial charge in [0.2, 0.25) is 0 Å². The maximum Gasteiger partial charge on any atom is 0.171 e. The number of aliphatic hydroxyl groups is 1. The highest BCUT2D eigenvalue weighted by atomic mass is 35.5. The summed E-state index contributed by atoms with van der Waals surface area (Å²) in [7, 11) is 0. The first kappa shape index (κ1) is 24.3. The zero-order valence-corrected chi connectivity index (χ0v) is 21.6. The van der Waals surface area contributed by atoms with Crippen LogP contribution in [0.3, 0.4) is 0 Å². The lowest BCUT2D eigenvalue weighted by Gasteiger charge is -2.56. The first-order chi connectivity index (χ1) is 15.6. The van der Waals surface area contributed by atoms with Gasteiger partial charge in [-0.1, -0.05) is 39.2 Å². The van der Waals surface area contributed by atoms with Crippen molar-refractivity contribution in [2.24, 2.45) is 28.6 Å². The van der Waals surface area contributed by atoms with Gasteiger partial charge in [-0.3, -0.25) is 4.79 Å². The molecule has 1 spiro atoms. The molecular weight excluding hydrogens is 436 g/mol. The van der Waals surface area contributed by atoms with Crippen LogP contribution < -0.4 is 0 Å². The molecule has 33 heavy (non-hydrogen) atoms. The van der Waals surface area contributed by atoms with Crippen molar-refractivity contribution in [3.8, 4) is 0 Å². The van der Waals surface area contributed by atoms with Gasteiger partial charge in [0.05, 0.1) is 18.8 Å². The number of halogens is 1. The van der Waals surface area contributed by atoms with E-state index in [1.165, 1.54) is 11.1 Å². The summed E-state index contributed by atoms with van der Waals surface area (Å²) in [5, 5.41) is 12.1. The van der Waals surface area contributed by atoms with Crippen molar-refractivity contribution in [1.29, 1.82) is 0 Å². The molecule has 1 saturated heterocycles. The topological polar surface area (TPSA) is 55.8 Å². The summed E-state index contributed by atoms with van der Waals surface area (Å²) in [6.07, 6.45) is 11.2. The molecule has 0 aromatic rings. The van der Waals surface area contributed by atoms with Crippen LogP contribution in [-0.2, 0) is 14.3 Å². The summed E-state index contributed by atoms with van der Waals surface area (Å²) in [6.45, 7) is 7.97. The minimum Gasteiger partial charge on any atom is -0.385 e. The Balaban J connectivity index is 1.45. The first-order valence-corrected chi connectivity index (χ1v) is 14.0. The second-order valence-corrected chi connectivity index (χ2v) is 13.2. The summed E-state index contributed by atoms with van der Waals surface area (Å²) in [5.41, 5.74) is 1.87. The number of ketones is 1. The number of rotatable bonds is 5. The van der Waals surface area contributed by atoms with Gasteiger partial charge in [0, 0.05) is 36.0 Å². The Bertz CT molecular complexity index is 809. The third kappa shape index (κ3) is 4.15. The SMILES string of the molecule is CC1(C)COC2(CCC3=C4C(CCCCCCl)C[C@]5(C)C(=O)CC[C@H]5[C@@H]4CC[C@@]3(O)C2)OC1. The molecule has 1 heterocycles. The number of ether oxygens (including phenoxy) is 2. The van der Waals surface area contributed by atoms with Gasteiger partial charge in [-0.25, -0.2) is 0 Å². The number of unbranched alkanes of at least 4 members (excludes halogenated alkanes) is 2. The lowest BCUT2D eigenvalue weighted by atomic mass is 9.51. The van der Waals surface area contributed by atoms with Crippen LogP contribution in [0, 0.1) is 28.6 Å². The average Bonchev–Trinajstić information content (AvgIpc) is 3.07. The van der Waals surface area contributed by atoms with Crippen molar-refractivity contribution in [2.45, 2.75) is 109 Å².